The minimum absolute atomic E-state index is 0.0513. The molecule has 1 aliphatic rings. The van der Waals surface area contributed by atoms with Crippen molar-refractivity contribution in [3.05, 3.63) is 94.2 Å². The Morgan fingerprint density at radius 3 is 2.34 bits per heavy atom. The summed E-state index contributed by atoms with van der Waals surface area (Å²) < 4.78 is -0.225. The van der Waals surface area contributed by atoms with E-state index in [9.17, 15) is 10.0 Å². The lowest BCUT2D eigenvalue weighted by Gasteiger charge is -2.41. The van der Waals surface area contributed by atoms with Crippen LogP contribution < -0.4 is 4.90 Å². The number of benzene rings is 3. The molecule has 0 aromatic heterocycles. The molecule has 0 bridgehead atoms. The third-order valence-electron chi connectivity index (χ3n) is 6.80. The first-order chi connectivity index (χ1) is 15.4. The first-order valence-corrected chi connectivity index (χ1v) is 11.6. The molecule has 0 saturated carbocycles. The zero-order valence-corrected chi connectivity index (χ0v) is 19.3. The lowest BCUT2D eigenvalue weighted by atomic mass is 9.91. The smallest absolute Gasteiger partial charge is 0.224 e. The molecule has 166 valence electrons. The summed E-state index contributed by atoms with van der Waals surface area (Å²) in [5.74, 6) is 0.0513. The van der Waals surface area contributed by atoms with Gasteiger partial charge in [0.2, 0.25) is 5.91 Å². The number of para-hydroxylation sites is 1. The van der Waals surface area contributed by atoms with Gasteiger partial charge in [-0.05, 0) is 66.6 Å². The van der Waals surface area contributed by atoms with E-state index >= 15 is 0 Å². The number of carbonyl (C=O) groups is 1. The van der Waals surface area contributed by atoms with Gasteiger partial charge in [0.05, 0.1) is 19.6 Å². The molecule has 0 spiro atoms. The molecule has 0 aliphatic carbocycles. The first kappa shape index (κ1) is 22.3. The van der Waals surface area contributed by atoms with Crippen LogP contribution in [0, 0.1) is 5.21 Å². The molecular weight excluding hydrogens is 396 g/mol. The van der Waals surface area contributed by atoms with E-state index in [0.29, 0.717) is 26.2 Å². The number of hydroxylamine groups is 3. The molecule has 0 N–H and O–H groups in total. The highest BCUT2D eigenvalue weighted by atomic mass is 16.5. The lowest BCUT2D eigenvalue weighted by Crippen LogP contribution is -2.40. The summed E-state index contributed by atoms with van der Waals surface area (Å²) >= 11 is 0. The molecular formula is C28H32N2O2. The normalized spacial score (nSPS) is 13.7. The van der Waals surface area contributed by atoms with Crippen molar-refractivity contribution in [2.45, 2.75) is 46.7 Å². The van der Waals surface area contributed by atoms with Crippen LogP contribution in [0.5, 0.6) is 0 Å². The van der Waals surface area contributed by atoms with Gasteiger partial charge in [-0.25, -0.2) is 0 Å². The molecule has 0 fully saturated rings. The first-order valence-electron chi connectivity index (χ1n) is 11.6. The van der Waals surface area contributed by atoms with Crippen LogP contribution in [0.1, 0.15) is 43.0 Å². The van der Waals surface area contributed by atoms with Gasteiger partial charge in [0.25, 0.3) is 0 Å². The molecule has 0 unspecified atom stereocenters. The molecule has 0 radical (unpaired) electrons. The Kier molecular flexibility index (Phi) is 6.45. The Morgan fingerprint density at radius 2 is 1.59 bits per heavy atom. The summed E-state index contributed by atoms with van der Waals surface area (Å²) in [7, 11) is 0. The number of quaternary nitrogens is 1. The van der Waals surface area contributed by atoms with Crippen molar-refractivity contribution in [3.63, 3.8) is 0 Å². The van der Waals surface area contributed by atoms with Crippen LogP contribution in [0.3, 0.4) is 0 Å². The second-order valence-electron chi connectivity index (χ2n) is 8.72. The van der Waals surface area contributed by atoms with Crippen molar-refractivity contribution < 1.29 is 9.44 Å². The number of rotatable bonds is 5. The highest BCUT2D eigenvalue weighted by molar-refractivity contribution is 5.92. The molecule has 4 heteroatoms. The van der Waals surface area contributed by atoms with E-state index in [1.807, 2.05) is 49.1 Å². The quantitative estimate of drug-likeness (QED) is 0.377. The maximum Gasteiger partial charge on any atom is 0.224 e. The predicted octanol–water partition coefficient (Wildman–Crippen LogP) is 5.86. The van der Waals surface area contributed by atoms with Gasteiger partial charge in [-0.3, -0.25) is 4.79 Å². The Hall–Kier alpha value is -2.95. The van der Waals surface area contributed by atoms with Gasteiger partial charge in [-0.15, -0.1) is 0 Å². The predicted molar refractivity (Wildman–Crippen MR) is 131 cm³/mol. The second kappa shape index (κ2) is 9.27. The SMILES string of the molecule is CC[N+]([O-])(CC)Cc1ccccc1-c1ccc2c(c1)CN(C(C)=O)c1ccccc1CC2. The van der Waals surface area contributed by atoms with Crippen molar-refractivity contribution in [1.29, 1.82) is 0 Å². The average molecular weight is 429 g/mol. The van der Waals surface area contributed by atoms with Gasteiger partial charge in [-0.2, -0.15) is 0 Å². The molecule has 3 aromatic rings. The Labute approximate surface area is 191 Å². The molecule has 1 amide bonds. The summed E-state index contributed by atoms with van der Waals surface area (Å²) in [4.78, 5) is 14.4. The minimum Gasteiger partial charge on any atom is -0.633 e. The van der Waals surface area contributed by atoms with E-state index in [2.05, 4.69) is 36.4 Å². The Bertz CT molecular complexity index is 1120. The molecule has 3 aromatic carbocycles. The number of anilines is 1. The molecule has 4 nitrogen and oxygen atoms in total. The van der Waals surface area contributed by atoms with Crippen molar-refractivity contribution in [2.24, 2.45) is 0 Å². The van der Waals surface area contributed by atoms with E-state index in [-0.39, 0.29) is 10.6 Å². The third kappa shape index (κ3) is 4.47. The minimum atomic E-state index is -0.225. The van der Waals surface area contributed by atoms with Crippen LogP contribution in [-0.2, 0) is 30.7 Å². The fourth-order valence-corrected chi connectivity index (χ4v) is 4.67. The number of aryl methyl sites for hydroxylation is 2. The molecule has 32 heavy (non-hydrogen) atoms. The van der Waals surface area contributed by atoms with Gasteiger partial charge >= 0.3 is 0 Å². The topological polar surface area (TPSA) is 43.4 Å². The van der Waals surface area contributed by atoms with E-state index in [1.165, 1.54) is 16.7 Å². The number of amides is 1. The number of carbonyl (C=O) groups excluding carboxylic acids is 1. The number of hydrogen-bond acceptors (Lipinski definition) is 2. The van der Waals surface area contributed by atoms with E-state index in [1.54, 1.807) is 6.92 Å². The summed E-state index contributed by atoms with van der Waals surface area (Å²) in [6.07, 6.45) is 1.86. The van der Waals surface area contributed by atoms with Crippen molar-refractivity contribution in [3.8, 4) is 11.1 Å². The average Bonchev–Trinajstić information content (AvgIpc) is 2.80. The summed E-state index contributed by atoms with van der Waals surface area (Å²) in [6.45, 7) is 7.69. The molecule has 1 heterocycles. The summed E-state index contributed by atoms with van der Waals surface area (Å²) in [5.41, 5.74) is 7.97. The van der Waals surface area contributed by atoms with Crippen LogP contribution in [0.4, 0.5) is 5.69 Å². The third-order valence-corrected chi connectivity index (χ3v) is 6.80. The van der Waals surface area contributed by atoms with Crippen molar-refractivity contribution in [2.75, 3.05) is 18.0 Å². The zero-order valence-electron chi connectivity index (χ0n) is 19.3. The second-order valence-corrected chi connectivity index (χ2v) is 8.72. The van der Waals surface area contributed by atoms with Crippen LogP contribution in [0.15, 0.2) is 66.7 Å². The fourth-order valence-electron chi connectivity index (χ4n) is 4.67. The van der Waals surface area contributed by atoms with Gasteiger partial charge in [0.15, 0.2) is 0 Å². The van der Waals surface area contributed by atoms with Gasteiger partial charge in [-0.1, -0.05) is 54.6 Å². The Balaban J connectivity index is 1.74. The monoisotopic (exact) mass is 428 g/mol. The molecule has 1 aliphatic heterocycles. The standard InChI is InChI=1S/C28H32N2O2/c1-4-30(32,5-2)20-25-11-6-8-12-27(25)24-17-15-22-14-16-23-10-7-9-13-28(23)29(21(3)31)19-26(22)18-24/h6-13,15,17-18H,4-5,14,16,19-20H2,1-3H3. The molecule has 0 saturated heterocycles. The highest BCUT2D eigenvalue weighted by Gasteiger charge is 2.21. The van der Waals surface area contributed by atoms with Gasteiger partial charge in [0.1, 0.15) is 6.54 Å². The number of nitrogens with zero attached hydrogens (tertiary/aromatic N) is 2. The summed E-state index contributed by atoms with van der Waals surface area (Å²) in [5, 5.41) is 13.0. The molecule has 0 atom stereocenters. The van der Waals surface area contributed by atoms with Crippen LogP contribution in [0.25, 0.3) is 11.1 Å². The van der Waals surface area contributed by atoms with Crippen LogP contribution in [-0.4, -0.2) is 23.6 Å². The van der Waals surface area contributed by atoms with Crippen molar-refractivity contribution >= 4 is 11.6 Å². The van der Waals surface area contributed by atoms with Crippen LogP contribution in [0.2, 0.25) is 0 Å². The van der Waals surface area contributed by atoms with Gasteiger partial charge < -0.3 is 14.8 Å². The number of hydrogen-bond donors (Lipinski definition) is 0. The maximum absolute atomic E-state index is 13.0. The lowest BCUT2D eigenvalue weighted by molar-refractivity contribution is -0.890. The largest absolute Gasteiger partial charge is 0.633 e. The van der Waals surface area contributed by atoms with E-state index < -0.39 is 0 Å². The highest BCUT2D eigenvalue weighted by Crippen LogP contribution is 2.32. The van der Waals surface area contributed by atoms with Crippen molar-refractivity contribution in [1.82, 2.24) is 0 Å². The maximum atomic E-state index is 13.0. The van der Waals surface area contributed by atoms with E-state index in [4.69, 9.17) is 0 Å². The summed E-state index contributed by atoms with van der Waals surface area (Å²) in [6, 6.07) is 23.0. The fraction of sp³-hybridized carbons (Fsp3) is 0.321. The Morgan fingerprint density at radius 1 is 0.906 bits per heavy atom. The van der Waals surface area contributed by atoms with Crippen LogP contribution >= 0.6 is 0 Å². The molecule has 4 rings (SSSR count). The van der Waals surface area contributed by atoms with E-state index in [0.717, 1.165) is 35.2 Å². The van der Waals surface area contributed by atoms with Gasteiger partial charge in [0, 0.05) is 18.2 Å². The number of fused-ring (bicyclic) bond motifs is 2. The zero-order chi connectivity index (χ0) is 22.7.